The first-order valence-electron chi connectivity index (χ1n) is 15.5. The summed E-state index contributed by atoms with van der Waals surface area (Å²) in [6.07, 6.45) is -1.37. The Bertz CT molecular complexity index is 1710. The van der Waals surface area contributed by atoms with Crippen molar-refractivity contribution in [3.05, 3.63) is 70.8 Å². The normalized spacial score (nSPS) is 20.2. The smallest absolute Gasteiger partial charge is 0.416 e. The van der Waals surface area contributed by atoms with Gasteiger partial charge in [0.15, 0.2) is 0 Å². The number of hydrogen-bond acceptors (Lipinski definition) is 7. The van der Waals surface area contributed by atoms with Crippen LogP contribution < -0.4 is 9.80 Å². The van der Waals surface area contributed by atoms with E-state index < -0.39 is 34.9 Å². The predicted molar refractivity (Wildman–Crippen MR) is 163 cm³/mol. The number of halogens is 3. The van der Waals surface area contributed by atoms with Crippen LogP contribution in [-0.4, -0.2) is 75.7 Å². The molecule has 2 saturated heterocycles. The van der Waals surface area contributed by atoms with Crippen molar-refractivity contribution in [1.29, 1.82) is 0 Å². The maximum atomic E-state index is 14.6. The van der Waals surface area contributed by atoms with Gasteiger partial charge in [0.2, 0.25) is 0 Å². The van der Waals surface area contributed by atoms with Crippen molar-refractivity contribution in [3.8, 4) is 0 Å². The van der Waals surface area contributed by atoms with Gasteiger partial charge in [-0.1, -0.05) is 12.1 Å². The van der Waals surface area contributed by atoms with E-state index in [1.807, 2.05) is 34.7 Å². The van der Waals surface area contributed by atoms with E-state index in [-0.39, 0.29) is 23.1 Å². The number of aromatic nitrogens is 3. The second-order valence-corrected chi connectivity index (χ2v) is 14.0. The lowest BCUT2D eigenvalue weighted by atomic mass is 9.75. The summed E-state index contributed by atoms with van der Waals surface area (Å²) in [6.45, 7) is 7.17. The van der Waals surface area contributed by atoms with Crippen molar-refractivity contribution in [1.82, 2.24) is 19.7 Å². The third-order valence-corrected chi connectivity index (χ3v) is 9.62. The number of aryl methyl sites for hydroxylation is 1. The quantitative estimate of drug-likeness (QED) is 0.384. The van der Waals surface area contributed by atoms with Gasteiger partial charge in [-0.25, -0.2) is 4.79 Å². The molecule has 244 valence electrons. The summed E-state index contributed by atoms with van der Waals surface area (Å²) in [5, 5.41) is 8.20. The topological polar surface area (TPSA) is 93.0 Å². The molecule has 2 amide bonds. The first kappa shape index (κ1) is 30.5. The summed E-state index contributed by atoms with van der Waals surface area (Å²) in [5.74, 6) is 0.320. The molecule has 4 aliphatic rings. The standard InChI is InChI=1S/C33H37F3N6O4/c1-30(2,3)46-29(44)42-11-10-40(17-32(42)8-9-32)23-13-24-25(26(14-23)33(34,35)36)16-41(28(24)43)22-7-5-6-21(12-22)31(18-45-19-31)15-27-38-37-20-39(27)4/h5-7,12-14,20H,8-11,15-19H2,1-4H3. The lowest BCUT2D eigenvalue weighted by molar-refractivity contribution is -0.138. The van der Waals surface area contributed by atoms with Crippen LogP contribution in [0.25, 0.3) is 0 Å². The van der Waals surface area contributed by atoms with Crippen LogP contribution in [0.5, 0.6) is 0 Å². The summed E-state index contributed by atoms with van der Waals surface area (Å²) in [6, 6.07) is 10.2. The molecule has 3 aliphatic heterocycles. The molecular formula is C33H37F3N6O4. The molecule has 1 aliphatic carbocycles. The molecule has 3 fully saturated rings. The van der Waals surface area contributed by atoms with E-state index in [0.717, 1.165) is 30.3 Å². The molecule has 4 heterocycles. The minimum atomic E-state index is -4.66. The number of piperazine rings is 1. The van der Waals surface area contributed by atoms with E-state index in [0.29, 0.717) is 50.6 Å². The Morgan fingerprint density at radius 2 is 1.83 bits per heavy atom. The number of hydrogen-bond donors (Lipinski definition) is 0. The molecule has 0 N–H and O–H groups in total. The van der Waals surface area contributed by atoms with Gasteiger partial charge in [0.1, 0.15) is 17.8 Å². The van der Waals surface area contributed by atoms with E-state index in [4.69, 9.17) is 9.47 Å². The molecule has 1 saturated carbocycles. The summed E-state index contributed by atoms with van der Waals surface area (Å²) >= 11 is 0. The van der Waals surface area contributed by atoms with Gasteiger partial charge in [-0.3, -0.25) is 9.69 Å². The number of fused-ring (bicyclic) bond motifs is 1. The number of anilines is 2. The van der Waals surface area contributed by atoms with Crippen molar-refractivity contribution in [2.75, 3.05) is 42.6 Å². The number of nitrogens with zero attached hydrogens (tertiary/aromatic N) is 6. The van der Waals surface area contributed by atoms with Gasteiger partial charge in [0.05, 0.1) is 30.9 Å². The van der Waals surface area contributed by atoms with Crippen molar-refractivity contribution < 1.29 is 32.2 Å². The van der Waals surface area contributed by atoms with Gasteiger partial charge in [-0.05, 0) is 69.0 Å². The van der Waals surface area contributed by atoms with Gasteiger partial charge in [0.25, 0.3) is 5.91 Å². The van der Waals surface area contributed by atoms with Crippen LogP contribution in [0.4, 0.5) is 29.3 Å². The second-order valence-electron chi connectivity index (χ2n) is 14.0. The van der Waals surface area contributed by atoms with E-state index in [1.165, 1.54) is 4.90 Å². The Balaban J connectivity index is 1.17. The Labute approximate surface area is 265 Å². The number of rotatable bonds is 5. The van der Waals surface area contributed by atoms with Gasteiger partial charge >= 0.3 is 12.3 Å². The highest BCUT2D eigenvalue weighted by atomic mass is 19.4. The molecule has 2 aromatic carbocycles. The number of alkyl halides is 3. The maximum absolute atomic E-state index is 14.6. The van der Waals surface area contributed by atoms with Crippen molar-refractivity contribution in [3.63, 3.8) is 0 Å². The van der Waals surface area contributed by atoms with Crippen LogP contribution in [0.1, 0.15) is 66.5 Å². The molecule has 1 spiro atoms. The Morgan fingerprint density at radius 3 is 2.43 bits per heavy atom. The monoisotopic (exact) mass is 638 g/mol. The molecule has 0 bridgehead atoms. The van der Waals surface area contributed by atoms with E-state index >= 15 is 0 Å². The van der Waals surface area contributed by atoms with E-state index in [1.54, 1.807) is 44.1 Å². The summed E-state index contributed by atoms with van der Waals surface area (Å²) in [5.41, 5.74) is -0.510. The fraction of sp³-hybridized carbons (Fsp3) is 0.515. The summed E-state index contributed by atoms with van der Waals surface area (Å²) < 4.78 is 56.8. The van der Waals surface area contributed by atoms with Gasteiger partial charge in [-0.15, -0.1) is 10.2 Å². The number of carbonyl (C=O) groups is 2. The fourth-order valence-electron chi connectivity index (χ4n) is 6.90. The van der Waals surface area contributed by atoms with Crippen LogP contribution in [-0.2, 0) is 41.1 Å². The van der Waals surface area contributed by atoms with Crippen LogP contribution in [0.2, 0.25) is 0 Å². The number of ether oxygens (including phenoxy) is 2. The van der Waals surface area contributed by atoms with Crippen LogP contribution >= 0.6 is 0 Å². The van der Waals surface area contributed by atoms with Crippen LogP contribution in [0.3, 0.4) is 0 Å². The average molecular weight is 639 g/mol. The zero-order chi connectivity index (χ0) is 32.6. The maximum Gasteiger partial charge on any atom is 0.416 e. The SMILES string of the molecule is Cn1cnnc1CC1(c2cccc(N3Cc4c(cc(N5CCN(C(=O)OC(C)(C)C)C6(CC6)C5)cc4C(F)(F)F)C3=O)c2)COC1. The number of amides is 2. The van der Waals surface area contributed by atoms with Crippen LogP contribution in [0, 0.1) is 0 Å². The lowest BCUT2D eigenvalue weighted by Gasteiger charge is -2.43. The van der Waals surface area contributed by atoms with Crippen LogP contribution in [0.15, 0.2) is 42.7 Å². The van der Waals surface area contributed by atoms with Crippen molar-refractivity contribution in [2.24, 2.45) is 7.05 Å². The second kappa shape index (κ2) is 10.4. The molecule has 13 heteroatoms. The fourth-order valence-corrected chi connectivity index (χ4v) is 6.90. The molecule has 0 radical (unpaired) electrons. The third kappa shape index (κ3) is 5.27. The lowest BCUT2D eigenvalue weighted by Crippen LogP contribution is -2.58. The molecular weight excluding hydrogens is 601 g/mol. The highest BCUT2D eigenvalue weighted by Gasteiger charge is 2.54. The molecule has 7 rings (SSSR count). The molecule has 10 nitrogen and oxygen atoms in total. The number of benzene rings is 2. The first-order valence-corrected chi connectivity index (χ1v) is 15.5. The average Bonchev–Trinajstić information content (AvgIpc) is 3.46. The molecule has 46 heavy (non-hydrogen) atoms. The van der Waals surface area contributed by atoms with Crippen molar-refractivity contribution in [2.45, 2.75) is 69.3 Å². The van der Waals surface area contributed by atoms with E-state index in [9.17, 15) is 22.8 Å². The largest absolute Gasteiger partial charge is 0.444 e. The minimum absolute atomic E-state index is 0.0269. The van der Waals surface area contributed by atoms with E-state index in [2.05, 4.69) is 10.2 Å². The summed E-state index contributed by atoms with van der Waals surface area (Å²) in [7, 11) is 1.87. The van der Waals surface area contributed by atoms with Crippen molar-refractivity contribution >= 4 is 23.4 Å². The predicted octanol–water partition coefficient (Wildman–Crippen LogP) is 5.09. The molecule has 3 aromatic rings. The molecule has 1 aromatic heterocycles. The highest BCUT2D eigenvalue weighted by Crippen LogP contribution is 2.47. The Kier molecular flexibility index (Phi) is 6.93. The molecule has 0 unspecified atom stereocenters. The minimum Gasteiger partial charge on any atom is -0.444 e. The Hall–Kier alpha value is -4.13. The Morgan fingerprint density at radius 1 is 1.07 bits per heavy atom. The zero-order valence-electron chi connectivity index (χ0n) is 26.4. The number of carbonyl (C=O) groups excluding carboxylic acids is 2. The van der Waals surface area contributed by atoms with Gasteiger partial charge in [0, 0.05) is 55.5 Å². The summed E-state index contributed by atoms with van der Waals surface area (Å²) in [4.78, 5) is 31.8. The zero-order valence-corrected chi connectivity index (χ0v) is 26.4. The highest BCUT2D eigenvalue weighted by molar-refractivity contribution is 6.11. The van der Waals surface area contributed by atoms with Gasteiger partial charge in [-0.2, -0.15) is 13.2 Å². The third-order valence-electron chi connectivity index (χ3n) is 9.62. The first-order chi connectivity index (χ1) is 21.7. The van der Waals surface area contributed by atoms with Gasteiger partial charge < -0.3 is 23.8 Å². The molecule has 0 atom stereocenters.